The van der Waals surface area contributed by atoms with Crippen LogP contribution in [0.1, 0.15) is 38.7 Å². The number of amidine groups is 1. The van der Waals surface area contributed by atoms with Crippen molar-refractivity contribution < 1.29 is 17.9 Å². The summed E-state index contributed by atoms with van der Waals surface area (Å²) >= 11 is 0. The van der Waals surface area contributed by atoms with E-state index in [0.29, 0.717) is 36.5 Å². The Labute approximate surface area is 148 Å². The molecule has 0 fully saturated rings. The number of nitrogens with two attached hydrogens (primary N) is 1. The predicted octanol–water partition coefficient (Wildman–Crippen LogP) is 1.48. The van der Waals surface area contributed by atoms with Crippen LogP contribution in [0, 0.1) is 0 Å². The molecule has 0 aromatic heterocycles. The molecular formula is C16H24N4O4S. The van der Waals surface area contributed by atoms with Gasteiger partial charge in [-0.25, -0.2) is 0 Å². The third kappa shape index (κ3) is 4.85. The minimum absolute atomic E-state index is 0.108. The lowest BCUT2D eigenvalue weighted by Crippen LogP contribution is -2.35. The van der Waals surface area contributed by atoms with Crippen molar-refractivity contribution in [3.63, 3.8) is 0 Å². The fraction of sp³-hybridized carbons (Fsp3) is 0.500. The lowest BCUT2D eigenvalue weighted by Gasteiger charge is -2.23. The Hall–Kier alpha value is -2.29. The van der Waals surface area contributed by atoms with E-state index in [9.17, 15) is 13.2 Å². The molecule has 8 nitrogen and oxygen atoms in total. The first-order valence-electron chi connectivity index (χ1n) is 8.30. The van der Waals surface area contributed by atoms with Crippen LogP contribution in [-0.4, -0.2) is 44.8 Å². The molecule has 138 valence electrons. The van der Waals surface area contributed by atoms with Crippen molar-refractivity contribution in [2.75, 3.05) is 24.4 Å². The van der Waals surface area contributed by atoms with E-state index in [-0.39, 0.29) is 18.3 Å². The quantitative estimate of drug-likeness (QED) is 0.721. The van der Waals surface area contributed by atoms with Gasteiger partial charge in [-0.15, -0.1) is 4.40 Å². The molecular weight excluding hydrogens is 344 g/mol. The number of anilines is 1. The van der Waals surface area contributed by atoms with Gasteiger partial charge in [0.15, 0.2) is 5.84 Å². The number of hydrogen-bond acceptors (Lipinski definition) is 5. The third-order valence-corrected chi connectivity index (χ3v) is 4.58. The Kier molecular flexibility index (Phi) is 6.24. The van der Waals surface area contributed by atoms with Gasteiger partial charge >= 0.3 is 10.2 Å². The molecule has 0 saturated carbocycles. The molecule has 1 aromatic carbocycles. The van der Waals surface area contributed by atoms with Crippen molar-refractivity contribution in [1.82, 2.24) is 4.90 Å². The molecule has 1 heterocycles. The van der Waals surface area contributed by atoms with Crippen LogP contribution in [0.15, 0.2) is 22.6 Å². The first-order chi connectivity index (χ1) is 11.9. The summed E-state index contributed by atoms with van der Waals surface area (Å²) < 4.78 is 34.7. The van der Waals surface area contributed by atoms with E-state index in [1.807, 2.05) is 13.8 Å². The number of hydrogen-bond donors (Lipinski definition) is 2. The van der Waals surface area contributed by atoms with Crippen molar-refractivity contribution in [3.8, 4) is 5.75 Å². The number of nitrogens with one attached hydrogen (secondary N) is 1. The molecule has 0 bridgehead atoms. The van der Waals surface area contributed by atoms with Crippen LogP contribution in [0.3, 0.4) is 0 Å². The van der Waals surface area contributed by atoms with Crippen LogP contribution in [0.25, 0.3) is 0 Å². The normalized spacial score (nSPS) is 14.9. The van der Waals surface area contributed by atoms with Gasteiger partial charge in [0.25, 0.3) is 0 Å². The van der Waals surface area contributed by atoms with E-state index in [4.69, 9.17) is 10.5 Å². The number of carbonyl (C=O) groups is 1. The van der Waals surface area contributed by atoms with E-state index in [2.05, 4.69) is 9.12 Å². The molecule has 0 spiro atoms. The Morgan fingerprint density at radius 2 is 2.04 bits per heavy atom. The summed E-state index contributed by atoms with van der Waals surface area (Å²) in [5.74, 6) is 0.425. The summed E-state index contributed by atoms with van der Waals surface area (Å²) in [6, 6.07) is 4.95. The van der Waals surface area contributed by atoms with E-state index in [1.165, 1.54) is 0 Å². The molecule has 0 saturated heterocycles. The standard InChI is InChI=1S/C16H24N4O4S/c1-3-6-14(21)20(9-4-2)10-11-24-13-8-5-7-12-15(13)16(17)19-25(22,23)18-12/h5,7-8,18H,3-4,6,9-11H2,1-2H3,(H2,17,19). The van der Waals surface area contributed by atoms with Crippen LogP contribution in [0.4, 0.5) is 5.69 Å². The van der Waals surface area contributed by atoms with Crippen LogP contribution in [-0.2, 0) is 15.0 Å². The maximum atomic E-state index is 12.1. The van der Waals surface area contributed by atoms with Crippen molar-refractivity contribution >= 4 is 27.6 Å². The number of amides is 1. The highest BCUT2D eigenvalue weighted by Crippen LogP contribution is 2.30. The van der Waals surface area contributed by atoms with Gasteiger partial charge in [0.1, 0.15) is 12.4 Å². The van der Waals surface area contributed by atoms with Crippen LogP contribution in [0.5, 0.6) is 5.75 Å². The highest BCUT2D eigenvalue weighted by atomic mass is 32.2. The Balaban J connectivity index is 2.08. The SMILES string of the molecule is CCCC(=O)N(CCC)CCOc1cccc2c1C(N)=NS(=O)(=O)N2. The largest absolute Gasteiger partial charge is 0.491 e. The highest BCUT2D eigenvalue weighted by molar-refractivity contribution is 7.91. The molecule has 25 heavy (non-hydrogen) atoms. The predicted molar refractivity (Wildman–Crippen MR) is 97.0 cm³/mol. The fourth-order valence-electron chi connectivity index (χ4n) is 2.61. The molecule has 9 heteroatoms. The van der Waals surface area contributed by atoms with Gasteiger partial charge < -0.3 is 15.4 Å². The second-order valence-corrected chi connectivity index (χ2v) is 7.05. The summed E-state index contributed by atoms with van der Waals surface area (Å²) in [5.41, 5.74) is 6.52. The summed E-state index contributed by atoms with van der Waals surface area (Å²) in [5, 5.41) is 0. The molecule has 2 rings (SSSR count). The zero-order valence-corrected chi connectivity index (χ0v) is 15.3. The Morgan fingerprint density at radius 3 is 2.72 bits per heavy atom. The first kappa shape index (κ1) is 19.0. The number of ether oxygens (including phenoxy) is 1. The maximum Gasteiger partial charge on any atom is 0.344 e. The van der Waals surface area contributed by atoms with Gasteiger partial charge in [-0.3, -0.25) is 9.52 Å². The number of benzene rings is 1. The third-order valence-electron chi connectivity index (χ3n) is 3.67. The smallest absolute Gasteiger partial charge is 0.344 e. The maximum absolute atomic E-state index is 12.1. The molecule has 1 aliphatic rings. The molecule has 3 N–H and O–H groups in total. The minimum atomic E-state index is -3.82. The van der Waals surface area contributed by atoms with Crippen LogP contribution < -0.4 is 15.2 Å². The monoisotopic (exact) mass is 368 g/mol. The van der Waals surface area contributed by atoms with Gasteiger partial charge in [-0.2, -0.15) is 8.42 Å². The van der Waals surface area contributed by atoms with Crippen molar-refractivity contribution in [2.45, 2.75) is 33.1 Å². The topological polar surface area (TPSA) is 114 Å². The number of nitrogens with zero attached hydrogens (tertiary/aromatic N) is 2. The van der Waals surface area contributed by atoms with Crippen LogP contribution >= 0.6 is 0 Å². The molecule has 1 aromatic rings. The van der Waals surface area contributed by atoms with Gasteiger partial charge in [0, 0.05) is 13.0 Å². The lowest BCUT2D eigenvalue weighted by molar-refractivity contribution is -0.131. The zero-order valence-electron chi connectivity index (χ0n) is 14.5. The lowest BCUT2D eigenvalue weighted by atomic mass is 10.1. The van der Waals surface area contributed by atoms with E-state index >= 15 is 0 Å². The summed E-state index contributed by atoms with van der Waals surface area (Å²) in [6.07, 6.45) is 2.19. The van der Waals surface area contributed by atoms with E-state index in [0.717, 1.165) is 12.8 Å². The summed E-state index contributed by atoms with van der Waals surface area (Å²) in [7, 11) is -3.82. The van der Waals surface area contributed by atoms with Gasteiger partial charge in [0.2, 0.25) is 5.91 Å². The van der Waals surface area contributed by atoms with Crippen molar-refractivity contribution in [1.29, 1.82) is 0 Å². The highest BCUT2D eigenvalue weighted by Gasteiger charge is 2.24. The van der Waals surface area contributed by atoms with Gasteiger partial charge in [-0.05, 0) is 25.0 Å². The second-order valence-electron chi connectivity index (χ2n) is 5.71. The Bertz CT molecular complexity index is 761. The molecule has 0 unspecified atom stereocenters. The number of fused-ring (bicyclic) bond motifs is 1. The van der Waals surface area contributed by atoms with Crippen molar-refractivity contribution in [3.05, 3.63) is 23.8 Å². The van der Waals surface area contributed by atoms with Gasteiger partial charge in [-0.1, -0.05) is 19.9 Å². The van der Waals surface area contributed by atoms with Gasteiger partial charge in [0.05, 0.1) is 17.8 Å². The number of carbonyl (C=O) groups excluding carboxylic acids is 1. The molecule has 0 atom stereocenters. The Morgan fingerprint density at radius 1 is 1.28 bits per heavy atom. The molecule has 1 aliphatic heterocycles. The van der Waals surface area contributed by atoms with Crippen molar-refractivity contribution in [2.24, 2.45) is 10.1 Å². The fourth-order valence-corrected chi connectivity index (χ4v) is 3.45. The minimum Gasteiger partial charge on any atom is -0.491 e. The van der Waals surface area contributed by atoms with Crippen LogP contribution in [0.2, 0.25) is 0 Å². The van der Waals surface area contributed by atoms with E-state index in [1.54, 1.807) is 23.1 Å². The first-order valence-corrected chi connectivity index (χ1v) is 9.74. The molecule has 0 aliphatic carbocycles. The average molecular weight is 368 g/mol. The second kappa shape index (κ2) is 8.19. The van der Waals surface area contributed by atoms with E-state index < -0.39 is 10.2 Å². The summed E-state index contributed by atoms with van der Waals surface area (Å²) in [6.45, 7) is 5.41. The zero-order chi connectivity index (χ0) is 18.4. The molecule has 0 radical (unpaired) electrons. The number of rotatable bonds is 8. The average Bonchev–Trinajstić information content (AvgIpc) is 2.52. The molecule has 1 amide bonds. The summed E-state index contributed by atoms with van der Waals surface area (Å²) in [4.78, 5) is 13.9.